The Morgan fingerprint density at radius 2 is 1.70 bits per heavy atom. The maximum Gasteiger partial charge on any atom is 0.0858 e. The van der Waals surface area contributed by atoms with Crippen molar-refractivity contribution in [3.63, 3.8) is 0 Å². The molecule has 0 saturated carbocycles. The Morgan fingerprint density at radius 3 is 2.00 bits per heavy atom. The van der Waals surface area contributed by atoms with Crippen LogP contribution in [0.1, 0.15) is 6.42 Å². The van der Waals surface area contributed by atoms with Crippen LogP contribution in [0.5, 0.6) is 0 Å². The van der Waals surface area contributed by atoms with Gasteiger partial charge in [0, 0.05) is 13.1 Å². The quantitative estimate of drug-likeness (QED) is 0.634. The Balaban J connectivity index is 0.000000500. The normalized spacial score (nSPS) is 28.8. The zero-order valence-corrected chi connectivity index (χ0v) is 8.21. The molecular formula is C6H12ClNS2. The van der Waals surface area contributed by atoms with E-state index in [9.17, 15) is 0 Å². The number of halogens is 1. The largest absolute Gasteiger partial charge is 0.312 e. The van der Waals surface area contributed by atoms with Crippen LogP contribution in [0, 0.1) is 0 Å². The zero-order valence-electron chi connectivity index (χ0n) is 5.76. The van der Waals surface area contributed by atoms with Crippen LogP contribution < -0.4 is 5.32 Å². The van der Waals surface area contributed by atoms with Crippen LogP contribution in [0.4, 0.5) is 0 Å². The van der Waals surface area contributed by atoms with Crippen LogP contribution in [0.2, 0.25) is 0 Å². The van der Waals surface area contributed by atoms with Crippen molar-refractivity contribution in [2.75, 3.05) is 24.6 Å². The van der Waals surface area contributed by atoms with Gasteiger partial charge in [0.1, 0.15) is 0 Å². The van der Waals surface area contributed by atoms with Crippen LogP contribution in [-0.2, 0) is 0 Å². The van der Waals surface area contributed by atoms with Crippen LogP contribution >= 0.6 is 35.9 Å². The molecule has 0 radical (unpaired) electrons. The lowest BCUT2D eigenvalue weighted by molar-refractivity contribution is 0.506. The minimum atomic E-state index is 0. The second-order valence-corrected chi connectivity index (χ2v) is 5.78. The van der Waals surface area contributed by atoms with E-state index in [1.807, 2.05) is 0 Å². The summed E-state index contributed by atoms with van der Waals surface area (Å²) in [7, 11) is 0. The first kappa shape index (κ1) is 9.04. The fourth-order valence-electron chi connectivity index (χ4n) is 1.15. The molecule has 2 aliphatic rings. The standard InChI is InChI=1S/C6H11NS2.ClH/c1-2-8-6(9-3-1)4-7-5-6;/h7H,1-5H2;1H. The zero-order chi connectivity index (χ0) is 6.16. The Bertz CT molecular complexity index is 108. The first-order chi connectivity index (χ1) is 4.41. The predicted molar refractivity (Wildman–Crippen MR) is 52.4 cm³/mol. The lowest BCUT2D eigenvalue weighted by Gasteiger charge is -2.43. The Morgan fingerprint density at radius 1 is 1.10 bits per heavy atom. The summed E-state index contributed by atoms with van der Waals surface area (Å²) in [5.41, 5.74) is 0. The average molecular weight is 198 g/mol. The van der Waals surface area contributed by atoms with E-state index in [0.29, 0.717) is 4.08 Å². The van der Waals surface area contributed by atoms with Gasteiger partial charge in [0.05, 0.1) is 4.08 Å². The molecule has 0 aromatic carbocycles. The molecule has 0 aromatic rings. The molecule has 4 heteroatoms. The SMILES string of the molecule is C1CSC2(CNC2)SC1.Cl. The topological polar surface area (TPSA) is 12.0 Å². The maximum absolute atomic E-state index is 3.33. The van der Waals surface area contributed by atoms with Gasteiger partial charge in [0.2, 0.25) is 0 Å². The van der Waals surface area contributed by atoms with Gasteiger partial charge < -0.3 is 5.32 Å². The summed E-state index contributed by atoms with van der Waals surface area (Å²) in [5.74, 6) is 2.77. The summed E-state index contributed by atoms with van der Waals surface area (Å²) in [6.07, 6.45) is 1.41. The van der Waals surface area contributed by atoms with Crippen molar-refractivity contribution in [1.82, 2.24) is 5.32 Å². The van der Waals surface area contributed by atoms with Crippen molar-refractivity contribution in [2.45, 2.75) is 10.5 Å². The molecule has 10 heavy (non-hydrogen) atoms. The van der Waals surface area contributed by atoms with Gasteiger partial charge in [0.25, 0.3) is 0 Å². The van der Waals surface area contributed by atoms with Gasteiger partial charge in [-0.15, -0.1) is 35.9 Å². The van der Waals surface area contributed by atoms with Gasteiger partial charge in [0.15, 0.2) is 0 Å². The van der Waals surface area contributed by atoms with E-state index in [0.717, 1.165) is 0 Å². The summed E-state index contributed by atoms with van der Waals surface area (Å²) < 4.78 is 0.623. The Kier molecular flexibility index (Phi) is 3.22. The number of hydrogen-bond donors (Lipinski definition) is 1. The molecule has 2 aliphatic heterocycles. The van der Waals surface area contributed by atoms with E-state index in [4.69, 9.17) is 0 Å². The van der Waals surface area contributed by atoms with Crippen molar-refractivity contribution >= 4 is 35.9 Å². The Labute approximate surface area is 76.5 Å². The van der Waals surface area contributed by atoms with Crippen LogP contribution in [0.15, 0.2) is 0 Å². The third kappa shape index (κ3) is 1.58. The van der Waals surface area contributed by atoms with Gasteiger partial charge in [-0.1, -0.05) is 0 Å². The van der Waals surface area contributed by atoms with Gasteiger partial charge in [-0.05, 0) is 17.9 Å². The van der Waals surface area contributed by atoms with E-state index >= 15 is 0 Å². The van der Waals surface area contributed by atoms with Crippen molar-refractivity contribution < 1.29 is 0 Å². The molecule has 60 valence electrons. The molecule has 1 spiro atoms. The van der Waals surface area contributed by atoms with E-state index in [2.05, 4.69) is 28.8 Å². The summed E-state index contributed by atoms with van der Waals surface area (Å²) in [5, 5.41) is 3.33. The summed E-state index contributed by atoms with van der Waals surface area (Å²) in [4.78, 5) is 0. The second-order valence-electron chi connectivity index (χ2n) is 2.56. The first-order valence-corrected chi connectivity index (χ1v) is 5.37. The van der Waals surface area contributed by atoms with Crippen LogP contribution in [0.3, 0.4) is 0 Å². The van der Waals surface area contributed by atoms with Crippen molar-refractivity contribution in [1.29, 1.82) is 0 Å². The molecule has 2 saturated heterocycles. The minimum absolute atomic E-state index is 0. The highest BCUT2D eigenvalue weighted by Gasteiger charge is 2.39. The molecule has 0 atom stereocenters. The fourth-order valence-corrected chi connectivity index (χ4v) is 4.30. The van der Waals surface area contributed by atoms with Crippen molar-refractivity contribution in [3.8, 4) is 0 Å². The monoisotopic (exact) mass is 197 g/mol. The van der Waals surface area contributed by atoms with E-state index in [1.54, 1.807) is 0 Å². The number of rotatable bonds is 0. The van der Waals surface area contributed by atoms with E-state index in [-0.39, 0.29) is 12.4 Å². The molecule has 2 fully saturated rings. The smallest absolute Gasteiger partial charge is 0.0858 e. The minimum Gasteiger partial charge on any atom is -0.312 e. The molecule has 2 rings (SSSR count). The van der Waals surface area contributed by atoms with E-state index < -0.39 is 0 Å². The van der Waals surface area contributed by atoms with Crippen molar-refractivity contribution in [3.05, 3.63) is 0 Å². The highest BCUT2D eigenvalue weighted by Crippen LogP contribution is 2.44. The first-order valence-electron chi connectivity index (χ1n) is 3.40. The van der Waals surface area contributed by atoms with E-state index in [1.165, 1.54) is 31.0 Å². The van der Waals surface area contributed by atoms with Gasteiger partial charge in [-0.3, -0.25) is 0 Å². The van der Waals surface area contributed by atoms with Gasteiger partial charge in [-0.25, -0.2) is 0 Å². The molecule has 0 amide bonds. The maximum atomic E-state index is 3.33. The van der Waals surface area contributed by atoms with Crippen molar-refractivity contribution in [2.24, 2.45) is 0 Å². The van der Waals surface area contributed by atoms with Gasteiger partial charge in [-0.2, -0.15) is 0 Å². The average Bonchev–Trinajstić information content (AvgIpc) is 1.87. The summed E-state index contributed by atoms with van der Waals surface area (Å²) >= 11 is 4.31. The third-order valence-corrected chi connectivity index (χ3v) is 5.13. The highest BCUT2D eigenvalue weighted by molar-refractivity contribution is 8.19. The summed E-state index contributed by atoms with van der Waals surface area (Å²) in [6.45, 7) is 2.48. The molecule has 0 aliphatic carbocycles. The predicted octanol–water partition coefficient (Wildman–Crippen LogP) is 1.58. The molecule has 2 heterocycles. The second kappa shape index (κ2) is 3.57. The number of thioether (sulfide) groups is 2. The lowest BCUT2D eigenvalue weighted by Crippen LogP contribution is -2.55. The third-order valence-electron chi connectivity index (χ3n) is 1.81. The lowest BCUT2D eigenvalue weighted by atomic mass is 10.3. The molecule has 0 unspecified atom stereocenters. The molecule has 1 N–H and O–H groups in total. The number of hydrogen-bond acceptors (Lipinski definition) is 3. The fraction of sp³-hybridized carbons (Fsp3) is 1.00. The van der Waals surface area contributed by atoms with Crippen LogP contribution in [-0.4, -0.2) is 28.7 Å². The number of nitrogens with one attached hydrogen (secondary N) is 1. The molecule has 1 nitrogen and oxygen atoms in total. The molecule has 0 bridgehead atoms. The highest BCUT2D eigenvalue weighted by atomic mass is 35.5. The summed E-state index contributed by atoms with van der Waals surface area (Å²) in [6, 6.07) is 0. The van der Waals surface area contributed by atoms with Gasteiger partial charge >= 0.3 is 0 Å². The Hall–Kier alpha value is 0.950. The van der Waals surface area contributed by atoms with Crippen LogP contribution in [0.25, 0.3) is 0 Å². The molecule has 0 aromatic heterocycles. The molecular weight excluding hydrogens is 186 g/mol.